The van der Waals surface area contributed by atoms with E-state index in [1.165, 1.54) is 51.4 Å². The number of allylic oxidation sites excluding steroid dienone is 8. The second kappa shape index (κ2) is 13.6. The molecule has 1 heterocycles. The third-order valence-corrected chi connectivity index (χ3v) is 6.91. The van der Waals surface area contributed by atoms with Crippen LogP contribution in [0, 0.1) is 5.41 Å². The van der Waals surface area contributed by atoms with Crippen molar-refractivity contribution < 1.29 is 0 Å². The van der Waals surface area contributed by atoms with Gasteiger partial charge in [-0.05, 0) is 77.5 Å². The maximum atomic E-state index is 7.78. The number of nitrogens with zero attached hydrogens (tertiary/aromatic N) is 1. The van der Waals surface area contributed by atoms with Crippen molar-refractivity contribution >= 4 is 44.4 Å². The van der Waals surface area contributed by atoms with Crippen LogP contribution < -0.4 is 11.5 Å². The quantitative estimate of drug-likeness (QED) is 0.105. The van der Waals surface area contributed by atoms with E-state index in [1.807, 2.05) is 6.08 Å². The SMILES string of the molecule is C=C/C=C(\C=N)c1ccc2c(ccc3c4ccc(C/C=C\C)cc4n(-c4ccccc4)c23)c1.C=CC(/C=C/N)=C\N. The minimum Gasteiger partial charge on any atom is -0.405 e. The van der Waals surface area contributed by atoms with Gasteiger partial charge in [0.25, 0.3) is 0 Å². The van der Waals surface area contributed by atoms with Gasteiger partial charge >= 0.3 is 0 Å². The zero-order valence-electron chi connectivity index (χ0n) is 23.4. The van der Waals surface area contributed by atoms with Crippen molar-refractivity contribution in [1.29, 1.82) is 5.41 Å². The molecule has 0 bridgehead atoms. The largest absolute Gasteiger partial charge is 0.405 e. The molecule has 41 heavy (non-hydrogen) atoms. The number of para-hydroxylation sites is 1. The van der Waals surface area contributed by atoms with Crippen molar-refractivity contribution in [3.8, 4) is 5.69 Å². The highest BCUT2D eigenvalue weighted by atomic mass is 15.0. The van der Waals surface area contributed by atoms with Gasteiger partial charge in [0.15, 0.2) is 0 Å². The molecule has 0 amide bonds. The Kier molecular flexibility index (Phi) is 9.53. The molecule has 204 valence electrons. The maximum absolute atomic E-state index is 7.78. The van der Waals surface area contributed by atoms with Gasteiger partial charge in [-0.25, -0.2) is 0 Å². The molecule has 0 aliphatic rings. The van der Waals surface area contributed by atoms with Gasteiger partial charge in [0.2, 0.25) is 0 Å². The van der Waals surface area contributed by atoms with Crippen molar-refractivity contribution in [2.75, 3.05) is 0 Å². The molecule has 0 spiro atoms. The van der Waals surface area contributed by atoms with Gasteiger partial charge in [0.05, 0.1) is 11.0 Å². The average molecular weight is 537 g/mol. The van der Waals surface area contributed by atoms with E-state index in [0.717, 1.165) is 34.2 Å². The van der Waals surface area contributed by atoms with Gasteiger partial charge in [0, 0.05) is 34.3 Å². The second-order valence-corrected chi connectivity index (χ2v) is 9.43. The van der Waals surface area contributed by atoms with E-state index in [1.54, 1.807) is 18.2 Å². The lowest BCUT2D eigenvalue weighted by Gasteiger charge is -2.11. The Morgan fingerprint density at radius 3 is 2.29 bits per heavy atom. The van der Waals surface area contributed by atoms with Crippen LogP contribution >= 0.6 is 0 Å². The molecule has 0 fully saturated rings. The molecule has 5 rings (SSSR count). The molecule has 4 aromatic carbocycles. The number of nitrogens with one attached hydrogen (secondary N) is 1. The van der Waals surface area contributed by atoms with Crippen molar-refractivity contribution in [2.24, 2.45) is 11.5 Å². The Balaban J connectivity index is 0.000000426. The van der Waals surface area contributed by atoms with Crippen LogP contribution in [-0.4, -0.2) is 10.8 Å². The first-order chi connectivity index (χ1) is 20.1. The number of hydrogen-bond acceptors (Lipinski definition) is 3. The monoisotopic (exact) mass is 536 g/mol. The molecule has 0 radical (unpaired) electrons. The van der Waals surface area contributed by atoms with Gasteiger partial charge in [-0.2, -0.15) is 0 Å². The first-order valence-electron chi connectivity index (χ1n) is 13.5. The Morgan fingerprint density at radius 1 is 0.902 bits per heavy atom. The van der Waals surface area contributed by atoms with Crippen LogP contribution in [0.25, 0.3) is 43.8 Å². The van der Waals surface area contributed by atoms with E-state index < -0.39 is 0 Å². The smallest absolute Gasteiger partial charge is 0.0619 e. The second-order valence-electron chi connectivity index (χ2n) is 9.43. The third-order valence-electron chi connectivity index (χ3n) is 6.91. The number of nitrogens with two attached hydrogens (primary N) is 2. The Morgan fingerprint density at radius 2 is 1.66 bits per heavy atom. The standard InChI is InChI=1S/C31H26N2.C6H10N2/c1-3-5-10-22-13-16-28-29-18-15-24-20-23(25(21-32)9-4-2)14-17-27(24)31(29)33(30(28)19-22)26-11-7-6-8-12-26;1-2-6(5-8)3-4-7/h3-9,11-21,32H,2,10H2,1H3;2-5H,1,7-8H2/b5-3-,25-9+,32-21?;4-3+,6-5+. The van der Waals surface area contributed by atoms with Crippen LogP contribution in [0.5, 0.6) is 0 Å². The first-order valence-corrected chi connectivity index (χ1v) is 13.5. The van der Waals surface area contributed by atoms with Crippen molar-refractivity contribution in [1.82, 2.24) is 4.57 Å². The summed E-state index contributed by atoms with van der Waals surface area (Å²) in [5.41, 5.74) is 17.8. The summed E-state index contributed by atoms with van der Waals surface area (Å²) in [5.74, 6) is 0. The molecule has 0 atom stereocenters. The summed E-state index contributed by atoms with van der Waals surface area (Å²) in [5, 5.41) is 12.6. The summed E-state index contributed by atoms with van der Waals surface area (Å²) in [6.07, 6.45) is 16.4. The number of aromatic nitrogens is 1. The molecule has 5 aromatic rings. The summed E-state index contributed by atoms with van der Waals surface area (Å²) < 4.78 is 2.39. The molecule has 0 aliphatic carbocycles. The van der Waals surface area contributed by atoms with Crippen molar-refractivity contribution in [2.45, 2.75) is 13.3 Å². The van der Waals surface area contributed by atoms with Crippen LogP contribution in [-0.2, 0) is 6.42 Å². The summed E-state index contributed by atoms with van der Waals surface area (Å²) in [6, 6.07) is 28.3. The first kappa shape index (κ1) is 28.7. The summed E-state index contributed by atoms with van der Waals surface area (Å²) in [4.78, 5) is 0. The molecular formula is C37H36N4. The van der Waals surface area contributed by atoms with E-state index in [9.17, 15) is 0 Å². The molecule has 0 saturated carbocycles. The van der Waals surface area contributed by atoms with E-state index >= 15 is 0 Å². The van der Waals surface area contributed by atoms with Crippen molar-refractivity contribution in [3.63, 3.8) is 0 Å². The highest BCUT2D eigenvalue weighted by Crippen LogP contribution is 2.37. The minimum atomic E-state index is 0.826. The Hall–Kier alpha value is -5.35. The zero-order valence-corrected chi connectivity index (χ0v) is 23.4. The normalized spacial score (nSPS) is 12.2. The molecule has 0 aliphatic heterocycles. The topological polar surface area (TPSA) is 80.8 Å². The number of benzene rings is 4. The summed E-state index contributed by atoms with van der Waals surface area (Å²) >= 11 is 0. The third kappa shape index (κ3) is 6.13. The zero-order chi connectivity index (χ0) is 29.2. The lowest BCUT2D eigenvalue weighted by Crippen LogP contribution is -1.95. The molecule has 1 aromatic heterocycles. The number of hydrogen-bond donors (Lipinski definition) is 3. The van der Waals surface area contributed by atoms with Gasteiger partial charge in [0.1, 0.15) is 0 Å². The fourth-order valence-corrected chi connectivity index (χ4v) is 4.95. The summed E-state index contributed by atoms with van der Waals surface area (Å²) in [6.45, 7) is 9.34. The lowest BCUT2D eigenvalue weighted by atomic mass is 9.99. The molecule has 4 nitrogen and oxygen atoms in total. The number of fused-ring (bicyclic) bond motifs is 5. The fraction of sp³-hybridized carbons (Fsp3) is 0.0541. The molecule has 5 N–H and O–H groups in total. The van der Waals surface area contributed by atoms with Gasteiger partial charge in [-0.1, -0.05) is 98.1 Å². The van der Waals surface area contributed by atoms with Gasteiger partial charge < -0.3 is 21.4 Å². The Labute approximate surface area is 242 Å². The van der Waals surface area contributed by atoms with E-state index in [2.05, 4.69) is 116 Å². The molecule has 4 heteroatoms. The molecule has 0 saturated heterocycles. The highest BCUT2D eigenvalue weighted by Gasteiger charge is 2.16. The van der Waals surface area contributed by atoms with E-state index in [0.29, 0.717) is 0 Å². The van der Waals surface area contributed by atoms with Gasteiger partial charge in [-0.15, -0.1) is 0 Å². The summed E-state index contributed by atoms with van der Waals surface area (Å²) in [7, 11) is 0. The van der Waals surface area contributed by atoms with Crippen LogP contribution in [0.3, 0.4) is 0 Å². The number of rotatable bonds is 8. The van der Waals surface area contributed by atoms with Crippen LogP contribution in [0.4, 0.5) is 0 Å². The fourth-order valence-electron chi connectivity index (χ4n) is 4.95. The predicted octanol–water partition coefficient (Wildman–Crippen LogP) is 8.76. The van der Waals surface area contributed by atoms with Crippen molar-refractivity contribution in [3.05, 3.63) is 158 Å². The lowest BCUT2D eigenvalue weighted by molar-refractivity contribution is 1.17. The van der Waals surface area contributed by atoms with Crippen LogP contribution in [0.15, 0.2) is 146 Å². The van der Waals surface area contributed by atoms with Crippen LogP contribution in [0.1, 0.15) is 18.1 Å². The maximum Gasteiger partial charge on any atom is 0.0619 e. The predicted molar refractivity (Wildman–Crippen MR) is 180 cm³/mol. The van der Waals surface area contributed by atoms with E-state index in [4.69, 9.17) is 16.9 Å². The Bertz CT molecular complexity index is 1830. The highest BCUT2D eigenvalue weighted by molar-refractivity contribution is 6.19. The minimum absolute atomic E-state index is 0.826. The van der Waals surface area contributed by atoms with Crippen LogP contribution in [0.2, 0.25) is 0 Å². The van der Waals surface area contributed by atoms with Gasteiger partial charge in [-0.3, -0.25) is 0 Å². The molecular weight excluding hydrogens is 500 g/mol. The molecule has 0 unspecified atom stereocenters. The average Bonchev–Trinajstić information content (AvgIpc) is 3.36. The van der Waals surface area contributed by atoms with E-state index in [-0.39, 0.29) is 0 Å².